The average molecular weight is 681 g/mol. The van der Waals surface area contributed by atoms with Crippen molar-refractivity contribution in [2.45, 2.75) is 32.0 Å². The molecule has 50 heavy (non-hydrogen) atoms. The summed E-state index contributed by atoms with van der Waals surface area (Å²) in [5.74, 6) is -1.59. The van der Waals surface area contributed by atoms with Crippen molar-refractivity contribution in [2.24, 2.45) is 5.92 Å². The SMILES string of the molecule is C[C@@H](/C=C/CC(=O)N(CCO)Cc1ccccc1)[C@]1(O)C(=O)N(Cc2cccc(N3CCNCC3=O)c2)c2ccc(N3CCNCC3=O)cc21. The third-order valence-corrected chi connectivity index (χ3v) is 9.62. The van der Waals surface area contributed by atoms with Gasteiger partial charge in [0.05, 0.1) is 31.9 Å². The molecule has 0 aromatic heterocycles. The fraction of sp³-hybridized carbons (Fsp3) is 0.368. The zero-order chi connectivity index (χ0) is 35.3. The number of carbonyl (C=O) groups excluding carboxylic acids is 4. The van der Waals surface area contributed by atoms with E-state index in [4.69, 9.17) is 0 Å². The molecule has 4 N–H and O–H groups in total. The number of hydrogen-bond acceptors (Lipinski definition) is 8. The Balaban J connectivity index is 1.27. The third kappa shape index (κ3) is 7.19. The summed E-state index contributed by atoms with van der Waals surface area (Å²) in [7, 11) is 0. The summed E-state index contributed by atoms with van der Waals surface area (Å²) in [5.41, 5.74) is 1.99. The maximum atomic E-state index is 14.4. The number of nitrogens with one attached hydrogen (secondary N) is 2. The number of nitrogens with zero attached hydrogens (tertiary/aromatic N) is 4. The molecule has 3 aliphatic rings. The van der Waals surface area contributed by atoms with Crippen LogP contribution in [0.1, 0.15) is 30.0 Å². The van der Waals surface area contributed by atoms with E-state index in [1.807, 2.05) is 54.6 Å². The Morgan fingerprint density at radius 3 is 2.22 bits per heavy atom. The van der Waals surface area contributed by atoms with E-state index in [1.54, 1.807) is 56.9 Å². The Labute approximate surface area is 292 Å². The molecule has 12 heteroatoms. The first-order valence-electron chi connectivity index (χ1n) is 17.1. The number of carbonyl (C=O) groups is 4. The summed E-state index contributed by atoms with van der Waals surface area (Å²) in [5, 5.41) is 28.2. The minimum absolute atomic E-state index is 0.0187. The van der Waals surface area contributed by atoms with Gasteiger partial charge in [-0.2, -0.15) is 0 Å². The lowest BCUT2D eigenvalue weighted by molar-refractivity contribution is -0.139. The van der Waals surface area contributed by atoms with Gasteiger partial charge in [-0.1, -0.05) is 61.5 Å². The topological polar surface area (TPSA) is 146 Å². The predicted molar refractivity (Wildman–Crippen MR) is 190 cm³/mol. The number of aliphatic hydroxyl groups is 2. The second-order valence-electron chi connectivity index (χ2n) is 12.9. The third-order valence-electron chi connectivity index (χ3n) is 9.62. The van der Waals surface area contributed by atoms with E-state index in [9.17, 15) is 29.4 Å². The van der Waals surface area contributed by atoms with Crippen molar-refractivity contribution < 1.29 is 29.4 Å². The van der Waals surface area contributed by atoms with Gasteiger partial charge in [0.1, 0.15) is 0 Å². The minimum atomic E-state index is -1.98. The lowest BCUT2D eigenvalue weighted by Crippen LogP contribution is -2.48. The highest BCUT2D eigenvalue weighted by Gasteiger charge is 2.53. The van der Waals surface area contributed by atoms with Crippen LogP contribution in [0.25, 0.3) is 0 Å². The number of aliphatic hydroxyl groups excluding tert-OH is 1. The maximum absolute atomic E-state index is 14.4. The van der Waals surface area contributed by atoms with E-state index in [2.05, 4.69) is 10.6 Å². The Morgan fingerprint density at radius 2 is 1.56 bits per heavy atom. The second-order valence-corrected chi connectivity index (χ2v) is 12.9. The Kier molecular flexibility index (Phi) is 10.7. The molecule has 4 amide bonds. The molecule has 2 saturated heterocycles. The smallest absolute Gasteiger partial charge is 0.264 e. The van der Waals surface area contributed by atoms with Gasteiger partial charge in [0.15, 0.2) is 5.60 Å². The highest BCUT2D eigenvalue weighted by Crippen LogP contribution is 2.47. The summed E-state index contributed by atoms with van der Waals surface area (Å²) >= 11 is 0. The van der Waals surface area contributed by atoms with Gasteiger partial charge < -0.3 is 40.4 Å². The number of hydrogen-bond donors (Lipinski definition) is 4. The number of anilines is 3. The summed E-state index contributed by atoms with van der Waals surface area (Å²) in [6.45, 7) is 5.00. The summed E-state index contributed by atoms with van der Waals surface area (Å²) in [6.07, 6.45) is 3.36. The van der Waals surface area contributed by atoms with Gasteiger partial charge >= 0.3 is 0 Å². The average Bonchev–Trinajstić information content (AvgIpc) is 3.34. The number of rotatable bonds is 12. The normalized spacial score (nSPS) is 20.1. The van der Waals surface area contributed by atoms with Gasteiger partial charge in [-0.15, -0.1) is 0 Å². The van der Waals surface area contributed by atoms with Crippen molar-refractivity contribution in [3.8, 4) is 0 Å². The van der Waals surface area contributed by atoms with Crippen molar-refractivity contribution in [2.75, 3.05) is 67.1 Å². The summed E-state index contributed by atoms with van der Waals surface area (Å²) in [6, 6.07) is 22.3. The van der Waals surface area contributed by atoms with Crippen LogP contribution in [0.3, 0.4) is 0 Å². The molecule has 0 aliphatic carbocycles. The number of benzene rings is 3. The first kappa shape index (κ1) is 35.0. The van der Waals surface area contributed by atoms with Gasteiger partial charge in [0.2, 0.25) is 17.7 Å². The van der Waals surface area contributed by atoms with Crippen molar-refractivity contribution in [3.63, 3.8) is 0 Å². The number of piperazine rings is 2. The van der Waals surface area contributed by atoms with Gasteiger partial charge in [0.25, 0.3) is 5.91 Å². The molecule has 3 aromatic carbocycles. The highest BCUT2D eigenvalue weighted by atomic mass is 16.3. The Morgan fingerprint density at radius 1 is 0.900 bits per heavy atom. The van der Waals surface area contributed by atoms with E-state index in [0.717, 1.165) is 16.8 Å². The Bertz CT molecular complexity index is 1770. The predicted octanol–water partition coefficient (Wildman–Crippen LogP) is 1.90. The van der Waals surface area contributed by atoms with Crippen molar-refractivity contribution in [3.05, 3.63) is 102 Å². The zero-order valence-corrected chi connectivity index (χ0v) is 28.3. The van der Waals surface area contributed by atoms with Crippen LogP contribution >= 0.6 is 0 Å². The fourth-order valence-electron chi connectivity index (χ4n) is 6.88. The maximum Gasteiger partial charge on any atom is 0.264 e. The molecule has 2 atom stereocenters. The molecular weight excluding hydrogens is 636 g/mol. The van der Waals surface area contributed by atoms with Gasteiger partial charge in [-0.25, -0.2) is 0 Å². The molecule has 3 aliphatic heterocycles. The van der Waals surface area contributed by atoms with E-state index >= 15 is 0 Å². The molecule has 0 spiro atoms. The monoisotopic (exact) mass is 680 g/mol. The molecule has 6 rings (SSSR count). The minimum Gasteiger partial charge on any atom is -0.395 e. The first-order valence-corrected chi connectivity index (χ1v) is 17.1. The van der Waals surface area contributed by atoms with E-state index < -0.39 is 17.4 Å². The van der Waals surface area contributed by atoms with E-state index in [1.165, 1.54) is 0 Å². The summed E-state index contributed by atoms with van der Waals surface area (Å²) in [4.78, 5) is 59.5. The molecule has 3 heterocycles. The van der Waals surface area contributed by atoms with Crippen molar-refractivity contribution in [1.82, 2.24) is 15.5 Å². The summed E-state index contributed by atoms with van der Waals surface area (Å²) < 4.78 is 0. The van der Waals surface area contributed by atoms with Crippen LogP contribution in [-0.2, 0) is 37.9 Å². The van der Waals surface area contributed by atoms with Crippen LogP contribution in [0, 0.1) is 5.92 Å². The van der Waals surface area contributed by atoms with E-state index in [0.29, 0.717) is 49.7 Å². The second kappa shape index (κ2) is 15.3. The first-order chi connectivity index (χ1) is 24.2. The van der Waals surface area contributed by atoms with Crippen LogP contribution < -0.4 is 25.3 Å². The molecule has 2 fully saturated rings. The van der Waals surface area contributed by atoms with Crippen LogP contribution in [-0.4, -0.2) is 91.2 Å². The molecule has 0 bridgehead atoms. The number of fused-ring (bicyclic) bond motifs is 1. The fourth-order valence-corrected chi connectivity index (χ4v) is 6.88. The lowest BCUT2D eigenvalue weighted by Gasteiger charge is -2.30. The largest absolute Gasteiger partial charge is 0.395 e. The van der Waals surface area contributed by atoms with Crippen LogP contribution in [0.5, 0.6) is 0 Å². The van der Waals surface area contributed by atoms with Crippen LogP contribution in [0.15, 0.2) is 84.9 Å². The lowest BCUT2D eigenvalue weighted by atomic mass is 9.82. The molecule has 262 valence electrons. The van der Waals surface area contributed by atoms with Crippen LogP contribution in [0.4, 0.5) is 17.1 Å². The molecule has 12 nitrogen and oxygen atoms in total. The number of amides is 4. The molecular formula is C38H44N6O6. The molecule has 3 aromatic rings. The van der Waals surface area contributed by atoms with E-state index in [-0.39, 0.29) is 56.9 Å². The molecule has 0 saturated carbocycles. The van der Waals surface area contributed by atoms with Crippen molar-refractivity contribution in [1.29, 1.82) is 0 Å². The highest BCUT2D eigenvalue weighted by molar-refractivity contribution is 6.08. The zero-order valence-electron chi connectivity index (χ0n) is 28.3. The molecule has 0 radical (unpaired) electrons. The van der Waals surface area contributed by atoms with Crippen LogP contribution in [0.2, 0.25) is 0 Å². The Hall–Kier alpha value is -4.88. The molecule has 0 unspecified atom stereocenters. The van der Waals surface area contributed by atoms with Gasteiger partial charge in [-0.3, -0.25) is 19.2 Å². The van der Waals surface area contributed by atoms with Gasteiger partial charge in [0, 0.05) is 68.5 Å². The van der Waals surface area contributed by atoms with Gasteiger partial charge in [-0.05, 0) is 41.5 Å². The quantitative estimate of drug-likeness (QED) is 0.213. The standard InChI is InChI=1S/C38H44N6O6/c1-27(7-5-12-34(46)41(19-20-45)25-28-8-3-2-4-9-28)38(50)32-22-31(43-18-16-40-24-36(43)48)13-14-33(32)44(37(38)49)26-29-10-6-11-30(21-29)42-17-15-39-23-35(42)47/h2-11,13-14,21-22,27,39-40,45,50H,12,15-20,23-26H2,1H3/b7-5+/t27-,38+/m0/s1. The van der Waals surface area contributed by atoms with Crippen molar-refractivity contribution >= 4 is 40.7 Å².